The molecule has 0 unspecified atom stereocenters. The molecule has 13 heavy (non-hydrogen) atoms. The number of hydrogen-bond donors (Lipinski definition) is 0. The van der Waals surface area contributed by atoms with Crippen LogP contribution in [-0.2, 0) is 0 Å². The van der Waals surface area contributed by atoms with Crippen molar-refractivity contribution in [3.05, 3.63) is 29.8 Å². The number of likely N-dealkylation sites (N-methyl/N-ethyl adjacent to an activating group) is 1. The van der Waals surface area contributed by atoms with Crippen LogP contribution in [0.1, 0.15) is 17.3 Å². The molecule has 0 spiro atoms. The van der Waals surface area contributed by atoms with E-state index >= 15 is 0 Å². The third-order valence-electron chi connectivity index (χ3n) is 2.09. The number of carbonyl (C=O) groups is 1. The zero-order valence-electron chi connectivity index (χ0n) is 7.49. The third kappa shape index (κ3) is 1.62. The highest BCUT2D eigenvalue weighted by atomic mass is 32.2. The lowest BCUT2D eigenvalue weighted by Gasteiger charge is -2.24. The van der Waals surface area contributed by atoms with Crippen molar-refractivity contribution < 1.29 is 4.79 Å². The van der Waals surface area contributed by atoms with E-state index in [1.807, 2.05) is 24.3 Å². The van der Waals surface area contributed by atoms with Gasteiger partial charge < -0.3 is 0 Å². The summed E-state index contributed by atoms with van der Waals surface area (Å²) in [6, 6.07) is 7.79. The largest absolute Gasteiger partial charge is 0.293 e. The quantitative estimate of drug-likeness (QED) is 0.638. The van der Waals surface area contributed by atoms with Crippen molar-refractivity contribution in [2.75, 3.05) is 13.1 Å². The number of hydrogen-bond acceptors (Lipinski definition) is 3. The zero-order valence-corrected chi connectivity index (χ0v) is 8.30. The lowest BCUT2D eigenvalue weighted by Crippen LogP contribution is -2.28. The summed E-state index contributed by atoms with van der Waals surface area (Å²) in [6.07, 6.45) is 0. The molecule has 1 aromatic carbocycles. The summed E-state index contributed by atoms with van der Waals surface area (Å²) in [4.78, 5) is 12.7. The predicted octanol–water partition coefficient (Wildman–Crippen LogP) is 2.21. The first-order chi connectivity index (χ1) is 6.31. The van der Waals surface area contributed by atoms with Gasteiger partial charge in [-0.3, -0.25) is 4.79 Å². The smallest absolute Gasteiger partial charge is 0.178 e. The molecule has 0 aliphatic carbocycles. The van der Waals surface area contributed by atoms with E-state index in [1.165, 1.54) is 0 Å². The third-order valence-corrected chi connectivity index (χ3v) is 3.29. The summed E-state index contributed by atoms with van der Waals surface area (Å²) in [6.45, 7) is 3.51. The summed E-state index contributed by atoms with van der Waals surface area (Å²) in [5.74, 6) is 0.233. The first kappa shape index (κ1) is 8.78. The van der Waals surface area contributed by atoms with Crippen molar-refractivity contribution in [3.8, 4) is 0 Å². The first-order valence-corrected chi connectivity index (χ1v) is 5.13. The van der Waals surface area contributed by atoms with Gasteiger partial charge >= 0.3 is 0 Å². The first-order valence-electron chi connectivity index (χ1n) is 4.36. The molecule has 0 bridgehead atoms. The van der Waals surface area contributed by atoms with Crippen molar-refractivity contribution in [2.45, 2.75) is 11.8 Å². The Kier molecular flexibility index (Phi) is 2.38. The minimum absolute atomic E-state index is 0.233. The Balaban J connectivity index is 2.37. The minimum atomic E-state index is 0.233. The second kappa shape index (κ2) is 3.52. The molecule has 2 nitrogen and oxygen atoms in total. The standard InChI is InChI=1S/C10H11NOS/c1-2-11-7-9(12)8-5-3-4-6-10(8)13-11/h3-6H,2,7H2,1H3. The van der Waals surface area contributed by atoms with Gasteiger partial charge in [-0.2, -0.15) is 0 Å². The van der Waals surface area contributed by atoms with Gasteiger partial charge in [0.1, 0.15) is 0 Å². The number of fused-ring (bicyclic) bond motifs is 1. The molecule has 1 aliphatic rings. The van der Waals surface area contributed by atoms with E-state index in [2.05, 4.69) is 11.2 Å². The van der Waals surface area contributed by atoms with Gasteiger partial charge in [-0.1, -0.05) is 25.1 Å². The van der Waals surface area contributed by atoms with Gasteiger partial charge in [0.05, 0.1) is 6.54 Å². The second-order valence-electron chi connectivity index (χ2n) is 2.97. The molecule has 0 saturated heterocycles. The molecule has 1 aliphatic heterocycles. The average molecular weight is 193 g/mol. The molecule has 0 saturated carbocycles. The lowest BCUT2D eigenvalue weighted by molar-refractivity contribution is 0.0964. The number of ketones is 1. The van der Waals surface area contributed by atoms with Gasteiger partial charge in [-0.25, -0.2) is 4.31 Å². The molecule has 0 atom stereocenters. The van der Waals surface area contributed by atoms with Crippen molar-refractivity contribution >= 4 is 17.7 Å². The highest BCUT2D eigenvalue weighted by molar-refractivity contribution is 7.97. The van der Waals surface area contributed by atoms with Gasteiger partial charge in [0.2, 0.25) is 0 Å². The fourth-order valence-electron chi connectivity index (χ4n) is 1.37. The molecule has 0 aromatic heterocycles. The Morgan fingerprint density at radius 1 is 1.46 bits per heavy atom. The van der Waals surface area contributed by atoms with Gasteiger partial charge in [0.15, 0.2) is 5.78 Å². The number of Topliss-reactive ketones (excluding diaryl/α,β-unsaturated/α-hetero) is 1. The van der Waals surface area contributed by atoms with E-state index in [1.54, 1.807) is 11.9 Å². The summed E-state index contributed by atoms with van der Waals surface area (Å²) in [7, 11) is 0. The second-order valence-corrected chi connectivity index (χ2v) is 4.11. The Bertz CT molecular complexity index is 337. The summed E-state index contributed by atoms with van der Waals surface area (Å²) >= 11 is 1.67. The van der Waals surface area contributed by atoms with E-state index in [4.69, 9.17) is 0 Å². The molecule has 0 N–H and O–H groups in total. The number of benzene rings is 1. The van der Waals surface area contributed by atoms with Crippen LogP contribution < -0.4 is 0 Å². The maximum atomic E-state index is 11.6. The molecule has 2 rings (SSSR count). The highest BCUT2D eigenvalue weighted by Gasteiger charge is 2.21. The van der Waals surface area contributed by atoms with E-state index in [0.717, 1.165) is 17.0 Å². The molecular formula is C10H11NOS. The normalized spacial score (nSPS) is 17.2. The van der Waals surface area contributed by atoms with Crippen LogP contribution in [-0.4, -0.2) is 23.2 Å². The Labute approximate surface area is 82.1 Å². The topological polar surface area (TPSA) is 20.3 Å². The Morgan fingerprint density at radius 2 is 2.23 bits per heavy atom. The fourth-order valence-corrected chi connectivity index (χ4v) is 2.38. The molecule has 0 amide bonds. The molecule has 1 aromatic rings. The minimum Gasteiger partial charge on any atom is -0.293 e. The van der Waals surface area contributed by atoms with Crippen LogP contribution in [0, 0.1) is 0 Å². The van der Waals surface area contributed by atoms with Gasteiger partial charge in [-0.05, 0) is 18.0 Å². The predicted molar refractivity (Wildman–Crippen MR) is 53.9 cm³/mol. The van der Waals surface area contributed by atoms with Gasteiger partial charge in [-0.15, -0.1) is 0 Å². The van der Waals surface area contributed by atoms with Crippen LogP contribution in [0.15, 0.2) is 29.2 Å². The van der Waals surface area contributed by atoms with E-state index in [9.17, 15) is 4.79 Å². The zero-order chi connectivity index (χ0) is 9.26. The fraction of sp³-hybridized carbons (Fsp3) is 0.300. The molecular weight excluding hydrogens is 182 g/mol. The molecule has 0 fully saturated rings. The molecule has 0 radical (unpaired) electrons. The molecule has 1 heterocycles. The van der Waals surface area contributed by atoms with Crippen molar-refractivity contribution in [3.63, 3.8) is 0 Å². The summed E-state index contributed by atoms with van der Waals surface area (Å²) in [5, 5.41) is 0. The maximum Gasteiger partial charge on any atom is 0.178 e. The van der Waals surface area contributed by atoms with Crippen LogP contribution in [0.5, 0.6) is 0 Å². The Hall–Kier alpha value is -0.800. The Morgan fingerprint density at radius 3 is 3.00 bits per heavy atom. The summed E-state index contributed by atoms with van der Waals surface area (Å²) < 4.78 is 2.07. The lowest BCUT2D eigenvalue weighted by atomic mass is 10.1. The SMILES string of the molecule is CCN1CC(=O)c2ccccc2S1. The molecule has 3 heteroatoms. The van der Waals surface area contributed by atoms with Crippen LogP contribution in [0.4, 0.5) is 0 Å². The molecule has 68 valence electrons. The number of carbonyl (C=O) groups excluding carboxylic acids is 1. The van der Waals surface area contributed by atoms with Crippen molar-refractivity contribution in [1.82, 2.24) is 4.31 Å². The maximum absolute atomic E-state index is 11.6. The van der Waals surface area contributed by atoms with Crippen molar-refractivity contribution in [2.24, 2.45) is 0 Å². The van der Waals surface area contributed by atoms with E-state index in [0.29, 0.717) is 6.54 Å². The monoisotopic (exact) mass is 193 g/mol. The van der Waals surface area contributed by atoms with E-state index in [-0.39, 0.29) is 5.78 Å². The van der Waals surface area contributed by atoms with Crippen LogP contribution in [0.2, 0.25) is 0 Å². The van der Waals surface area contributed by atoms with Crippen LogP contribution in [0.25, 0.3) is 0 Å². The average Bonchev–Trinajstić information content (AvgIpc) is 2.18. The van der Waals surface area contributed by atoms with Crippen LogP contribution in [0.3, 0.4) is 0 Å². The van der Waals surface area contributed by atoms with Gasteiger partial charge in [0, 0.05) is 17.0 Å². The van der Waals surface area contributed by atoms with Crippen LogP contribution >= 0.6 is 11.9 Å². The highest BCUT2D eigenvalue weighted by Crippen LogP contribution is 2.30. The van der Waals surface area contributed by atoms with Gasteiger partial charge in [0.25, 0.3) is 0 Å². The summed E-state index contributed by atoms with van der Waals surface area (Å²) in [5.41, 5.74) is 0.872. The van der Waals surface area contributed by atoms with E-state index < -0.39 is 0 Å². The van der Waals surface area contributed by atoms with Crippen molar-refractivity contribution in [1.29, 1.82) is 0 Å². The number of rotatable bonds is 1. The number of nitrogens with zero attached hydrogens (tertiary/aromatic N) is 1.